The van der Waals surface area contributed by atoms with Crippen LogP contribution in [0, 0.1) is 0 Å². The summed E-state index contributed by atoms with van der Waals surface area (Å²) in [5, 5.41) is 14.3. The summed E-state index contributed by atoms with van der Waals surface area (Å²) in [6, 6.07) is 7.72. The molecule has 0 radical (unpaired) electrons. The van der Waals surface area contributed by atoms with Crippen LogP contribution in [0.5, 0.6) is 0 Å². The first-order valence-corrected chi connectivity index (χ1v) is 11.9. The Hall–Kier alpha value is -3.38. The first-order valence-electron chi connectivity index (χ1n) is 11.1. The van der Waals surface area contributed by atoms with Gasteiger partial charge in [-0.15, -0.1) is 0 Å². The number of anilines is 1. The Morgan fingerprint density at radius 2 is 1.60 bits per heavy atom. The summed E-state index contributed by atoms with van der Waals surface area (Å²) in [4.78, 5) is 53.3. The van der Waals surface area contributed by atoms with E-state index in [2.05, 4.69) is 36.1 Å². The topological polar surface area (TPSA) is 135 Å². The molecule has 1 aromatic carbocycles. The molecule has 1 fully saturated rings. The van der Waals surface area contributed by atoms with Gasteiger partial charge in [-0.05, 0) is 37.0 Å². The number of amides is 3. The van der Waals surface area contributed by atoms with Gasteiger partial charge in [0.05, 0.1) is 17.0 Å². The molecule has 3 rings (SSSR count). The molecule has 11 nitrogen and oxygen atoms in total. The van der Waals surface area contributed by atoms with Crippen LogP contribution in [-0.2, 0) is 19.8 Å². The number of aliphatic carboxylic acids is 1. The van der Waals surface area contributed by atoms with E-state index in [0.29, 0.717) is 22.7 Å². The lowest BCUT2D eigenvalue weighted by Gasteiger charge is -2.33. The molecule has 0 saturated carbocycles. The third-order valence-corrected chi connectivity index (χ3v) is 6.39. The molecule has 1 aromatic rings. The number of hydrazine groups is 1. The van der Waals surface area contributed by atoms with Gasteiger partial charge < -0.3 is 20.3 Å². The second-order valence-electron chi connectivity index (χ2n) is 9.28. The molecule has 2 aliphatic heterocycles. The monoisotopic (exact) mass is 502 g/mol. The van der Waals surface area contributed by atoms with E-state index >= 15 is 0 Å². The van der Waals surface area contributed by atoms with E-state index < -0.39 is 11.9 Å². The van der Waals surface area contributed by atoms with Crippen molar-refractivity contribution in [1.29, 1.82) is 0 Å². The average Bonchev–Trinajstić information content (AvgIpc) is 3.11. The van der Waals surface area contributed by atoms with Gasteiger partial charge in [0.1, 0.15) is 0 Å². The van der Waals surface area contributed by atoms with Gasteiger partial charge in [0, 0.05) is 43.8 Å². The lowest BCUT2D eigenvalue weighted by Crippen LogP contribution is -2.51. The zero-order valence-corrected chi connectivity index (χ0v) is 21.2. The molecule has 3 N–H and O–H groups in total. The summed E-state index contributed by atoms with van der Waals surface area (Å²) in [6.07, 6.45) is 0. The van der Waals surface area contributed by atoms with Gasteiger partial charge in [-0.3, -0.25) is 14.4 Å². The van der Waals surface area contributed by atoms with Crippen LogP contribution in [0.15, 0.2) is 40.6 Å². The van der Waals surface area contributed by atoms with Crippen LogP contribution in [0.1, 0.15) is 40.2 Å². The molecule has 35 heavy (non-hydrogen) atoms. The van der Waals surface area contributed by atoms with E-state index in [4.69, 9.17) is 5.11 Å². The molecule has 0 unspecified atom stereocenters. The molecule has 188 valence electrons. The lowest BCUT2D eigenvalue weighted by atomic mass is 9.87. The lowest BCUT2D eigenvalue weighted by molar-refractivity contribution is -0.156. The minimum Gasteiger partial charge on any atom is -0.474 e. The quantitative estimate of drug-likeness (QED) is 0.247. The number of hydrogen-bond donors (Lipinski definition) is 3. The Balaban J connectivity index is 1.55. The molecule has 0 aromatic heterocycles. The number of nitrogens with one attached hydrogen (secondary N) is 2. The first-order chi connectivity index (χ1) is 16.4. The van der Waals surface area contributed by atoms with Crippen molar-refractivity contribution in [2.24, 2.45) is 5.10 Å². The van der Waals surface area contributed by atoms with Gasteiger partial charge in [-0.1, -0.05) is 32.9 Å². The molecular weight excluding hydrogens is 472 g/mol. The second-order valence-corrected chi connectivity index (χ2v) is 10.0. The zero-order valence-electron chi connectivity index (χ0n) is 20.4. The van der Waals surface area contributed by atoms with E-state index in [1.807, 2.05) is 24.3 Å². The smallest absolute Gasteiger partial charge is 0.394 e. The van der Waals surface area contributed by atoms with Gasteiger partial charge >= 0.3 is 11.9 Å². The number of carboxylic acids is 1. The number of piperazine rings is 1. The largest absolute Gasteiger partial charge is 0.474 e. The first kappa shape index (κ1) is 26.2. The number of rotatable bonds is 4. The highest BCUT2D eigenvalue weighted by molar-refractivity contribution is 8.11. The van der Waals surface area contributed by atoms with Crippen molar-refractivity contribution in [3.63, 3.8) is 0 Å². The summed E-state index contributed by atoms with van der Waals surface area (Å²) in [7, 11) is 0. The predicted octanol–water partition coefficient (Wildman–Crippen LogP) is 2.07. The average molecular weight is 503 g/mol. The number of nitrogens with zero attached hydrogens (tertiary/aromatic N) is 4. The maximum atomic E-state index is 13.0. The van der Waals surface area contributed by atoms with Gasteiger partial charge in [0.25, 0.3) is 11.1 Å². The minimum absolute atomic E-state index is 0.00253. The number of allylic oxidation sites excluding steroid dienone is 1. The maximum absolute atomic E-state index is 13.0. The van der Waals surface area contributed by atoms with E-state index in [-0.39, 0.29) is 42.7 Å². The standard InChI is InChI=1S/C23H30N6O5S/c1-14(24-26-35-22(34)28-12-10-27(11-13-28)20(31)21(32)33)18-15(2)25-29(19(18)30)17-8-6-16(7-9-17)23(3,4)5/h6-9,24,26H,10-13H2,1-5H3,(H,32,33)/b18-14-. The number of hydrogen-bond acceptors (Lipinski definition) is 8. The number of carbonyl (C=O) groups is 4. The van der Waals surface area contributed by atoms with Crippen molar-refractivity contribution < 1.29 is 24.3 Å². The number of benzene rings is 1. The van der Waals surface area contributed by atoms with Crippen molar-refractivity contribution in [1.82, 2.24) is 20.1 Å². The van der Waals surface area contributed by atoms with Crippen molar-refractivity contribution in [3.8, 4) is 0 Å². The van der Waals surface area contributed by atoms with Crippen LogP contribution in [0.2, 0.25) is 0 Å². The molecule has 2 heterocycles. The normalized spacial score (nSPS) is 17.9. The molecule has 0 aliphatic carbocycles. The van der Waals surface area contributed by atoms with Gasteiger partial charge in [0.15, 0.2) is 0 Å². The summed E-state index contributed by atoms with van der Waals surface area (Å²) < 4.78 is 0. The van der Waals surface area contributed by atoms with Crippen LogP contribution >= 0.6 is 11.9 Å². The SMILES string of the molecule is CC1=NN(c2ccc(C(C)(C)C)cc2)C(=O)/C1=C(/C)NNSC(=O)N1CCN(C(=O)C(=O)O)CC1. The molecule has 0 atom stereocenters. The summed E-state index contributed by atoms with van der Waals surface area (Å²) in [5.74, 6) is -2.74. The third-order valence-electron chi connectivity index (χ3n) is 5.76. The second kappa shape index (κ2) is 10.5. The van der Waals surface area contributed by atoms with E-state index in [1.165, 1.54) is 14.8 Å². The van der Waals surface area contributed by atoms with Crippen LogP contribution < -0.4 is 15.3 Å². The Morgan fingerprint density at radius 1 is 1.03 bits per heavy atom. The Morgan fingerprint density at radius 3 is 2.14 bits per heavy atom. The van der Waals surface area contributed by atoms with Crippen molar-refractivity contribution in [2.45, 2.75) is 40.0 Å². The molecular formula is C23H30N6O5S. The van der Waals surface area contributed by atoms with Crippen molar-refractivity contribution >= 4 is 46.4 Å². The molecule has 1 saturated heterocycles. The summed E-state index contributed by atoms with van der Waals surface area (Å²) in [6.45, 7) is 10.6. The van der Waals surface area contributed by atoms with Gasteiger partial charge in [0.2, 0.25) is 0 Å². The maximum Gasteiger partial charge on any atom is 0.394 e. The number of carboxylic acid groups (broad SMARTS) is 1. The van der Waals surface area contributed by atoms with Gasteiger partial charge in [-0.25, -0.2) is 4.79 Å². The number of carbonyl (C=O) groups excluding carboxylic acids is 3. The highest BCUT2D eigenvalue weighted by atomic mass is 32.2. The predicted molar refractivity (Wildman–Crippen MR) is 133 cm³/mol. The molecule has 0 spiro atoms. The fourth-order valence-electron chi connectivity index (χ4n) is 3.72. The van der Waals surface area contributed by atoms with Crippen LogP contribution in [0.4, 0.5) is 10.5 Å². The highest BCUT2D eigenvalue weighted by Gasteiger charge is 2.31. The fraction of sp³-hybridized carbons (Fsp3) is 0.435. The Kier molecular flexibility index (Phi) is 7.86. The third kappa shape index (κ3) is 6.01. The van der Waals surface area contributed by atoms with Crippen LogP contribution in [-0.4, -0.2) is 69.8 Å². The van der Waals surface area contributed by atoms with Crippen molar-refractivity contribution in [2.75, 3.05) is 31.2 Å². The fourth-order valence-corrected chi connectivity index (χ4v) is 4.32. The van der Waals surface area contributed by atoms with Crippen molar-refractivity contribution in [3.05, 3.63) is 41.1 Å². The Labute approximate surface area is 208 Å². The molecule has 0 bridgehead atoms. The summed E-state index contributed by atoms with van der Waals surface area (Å²) >= 11 is 0.797. The molecule has 3 amide bonds. The molecule has 2 aliphatic rings. The number of hydrazone groups is 1. The Bertz CT molecular complexity index is 1080. The summed E-state index contributed by atoms with van der Waals surface area (Å²) in [5.41, 5.74) is 6.18. The minimum atomic E-state index is -1.51. The van der Waals surface area contributed by atoms with Gasteiger partial charge in [-0.2, -0.15) is 14.9 Å². The molecule has 12 heteroatoms. The van der Waals surface area contributed by atoms with E-state index in [1.54, 1.807) is 13.8 Å². The van der Waals surface area contributed by atoms with Crippen LogP contribution in [0.3, 0.4) is 0 Å². The zero-order chi connectivity index (χ0) is 25.9. The van der Waals surface area contributed by atoms with E-state index in [9.17, 15) is 19.2 Å². The van der Waals surface area contributed by atoms with Crippen LogP contribution in [0.25, 0.3) is 0 Å². The van der Waals surface area contributed by atoms with E-state index in [0.717, 1.165) is 17.5 Å². The highest BCUT2D eigenvalue weighted by Crippen LogP contribution is 2.28.